The van der Waals surface area contributed by atoms with Gasteiger partial charge in [-0.3, -0.25) is 24.7 Å². The number of urea groups is 1. The third-order valence-corrected chi connectivity index (χ3v) is 3.94. The number of piperazine rings is 1. The minimum atomic E-state index is -0.852. The van der Waals surface area contributed by atoms with Gasteiger partial charge in [0.15, 0.2) is 0 Å². The van der Waals surface area contributed by atoms with E-state index in [0.717, 1.165) is 0 Å². The van der Waals surface area contributed by atoms with E-state index < -0.39 is 11.9 Å². The van der Waals surface area contributed by atoms with Crippen LogP contribution in [0.3, 0.4) is 0 Å². The van der Waals surface area contributed by atoms with Crippen molar-refractivity contribution in [3.05, 3.63) is 29.3 Å². The highest BCUT2D eigenvalue weighted by atomic mass is 35.5. The van der Waals surface area contributed by atoms with E-state index in [2.05, 4.69) is 5.32 Å². The highest BCUT2D eigenvalue weighted by Crippen LogP contribution is 2.20. The van der Waals surface area contributed by atoms with E-state index in [4.69, 9.17) is 17.3 Å². The molecule has 4 N–H and O–H groups in total. The molecule has 130 valence electrons. The number of rotatable bonds is 5. The molecule has 9 heteroatoms. The predicted octanol–water partition coefficient (Wildman–Crippen LogP) is 0.0910. The normalized spacial score (nSPS) is 15.7. The fourth-order valence-corrected chi connectivity index (χ4v) is 2.62. The second-order valence-corrected chi connectivity index (χ2v) is 5.90. The fraction of sp³-hybridized carbons (Fsp3) is 0.400. The first-order chi connectivity index (χ1) is 11.4. The molecule has 1 aliphatic heterocycles. The van der Waals surface area contributed by atoms with Crippen molar-refractivity contribution in [3.8, 4) is 0 Å². The Morgan fingerprint density at radius 2 is 1.54 bits per heavy atom. The van der Waals surface area contributed by atoms with E-state index in [1.807, 2.05) is 15.1 Å². The number of nitrogens with two attached hydrogens (primary N) is 1. The van der Waals surface area contributed by atoms with E-state index in [1.165, 1.54) is 0 Å². The summed E-state index contributed by atoms with van der Waals surface area (Å²) < 4.78 is 0. The van der Waals surface area contributed by atoms with Crippen molar-refractivity contribution in [1.82, 2.24) is 15.1 Å². The molecule has 0 radical (unpaired) electrons. The number of primary amides is 1. The molecule has 0 unspecified atom stereocenters. The number of imide groups is 1. The average molecular weight is 354 g/mol. The lowest BCUT2D eigenvalue weighted by Crippen LogP contribution is -2.51. The Kier molecular flexibility index (Phi) is 6.53. The number of nitrogens with zero attached hydrogens (tertiary/aromatic N) is 2. The van der Waals surface area contributed by atoms with Gasteiger partial charge in [-0.15, -0.1) is 0 Å². The van der Waals surface area contributed by atoms with E-state index in [0.29, 0.717) is 36.9 Å². The van der Waals surface area contributed by atoms with Crippen LogP contribution in [0, 0.1) is 0 Å². The predicted molar refractivity (Wildman–Crippen MR) is 90.7 cm³/mol. The Hall–Kier alpha value is -2.16. The van der Waals surface area contributed by atoms with Crippen LogP contribution in [0.5, 0.6) is 0 Å². The molecule has 0 atom stereocenters. The molecule has 2 rings (SSSR count). The fourth-order valence-electron chi connectivity index (χ4n) is 2.44. The molecule has 8 nitrogen and oxygen atoms in total. The number of para-hydroxylation sites is 1. The number of carbonyl (C=O) groups is 3. The standard InChI is InChI=1S/C15H20ClN5O3/c16-11-3-1-2-4-12(11)18-13(22)9-20-5-7-21(8-6-20)10-14(23)19-15(17)24/h1-4H,5-10H2,(H,18,22)(H3,17,19,23,24). The molecular weight excluding hydrogens is 334 g/mol. The first kappa shape index (κ1) is 18.2. The molecule has 1 saturated heterocycles. The molecule has 0 aromatic heterocycles. The quantitative estimate of drug-likeness (QED) is 0.695. The second kappa shape index (κ2) is 8.62. The summed E-state index contributed by atoms with van der Waals surface area (Å²) in [5.41, 5.74) is 5.49. The smallest absolute Gasteiger partial charge is 0.318 e. The average Bonchev–Trinajstić information content (AvgIpc) is 2.51. The summed E-state index contributed by atoms with van der Waals surface area (Å²) in [6.07, 6.45) is 0. The lowest BCUT2D eigenvalue weighted by molar-refractivity contribution is -0.122. The maximum atomic E-state index is 12.1. The minimum Gasteiger partial charge on any atom is -0.351 e. The SMILES string of the molecule is NC(=O)NC(=O)CN1CCN(CC(=O)Nc2ccccc2Cl)CC1. The summed E-state index contributed by atoms with van der Waals surface area (Å²) in [6, 6.07) is 6.21. The van der Waals surface area contributed by atoms with Crippen LogP contribution >= 0.6 is 11.6 Å². The highest BCUT2D eigenvalue weighted by molar-refractivity contribution is 6.33. The largest absolute Gasteiger partial charge is 0.351 e. The Morgan fingerprint density at radius 3 is 2.08 bits per heavy atom. The van der Waals surface area contributed by atoms with Gasteiger partial charge in [0, 0.05) is 26.2 Å². The van der Waals surface area contributed by atoms with Gasteiger partial charge in [-0.25, -0.2) is 4.79 Å². The van der Waals surface area contributed by atoms with Crippen LogP contribution in [-0.4, -0.2) is 66.9 Å². The molecule has 0 saturated carbocycles. The third-order valence-electron chi connectivity index (χ3n) is 3.61. The van der Waals surface area contributed by atoms with Crippen LogP contribution in [0.15, 0.2) is 24.3 Å². The molecule has 4 amide bonds. The number of benzene rings is 1. The van der Waals surface area contributed by atoms with Gasteiger partial charge in [0.2, 0.25) is 11.8 Å². The van der Waals surface area contributed by atoms with Crippen LogP contribution in [0.25, 0.3) is 0 Å². The van der Waals surface area contributed by atoms with Gasteiger partial charge in [-0.05, 0) is 12.1 Å². The first-order valence-electron chi connectivity index (χ1n) is 7.52. The van der Waals surface area contributed by atoms with Gasteiger partial charge in [0.05, 0.1) is 23.8 Å². The molecule has 0 bridgehead atoms. The maximum Gasteiger partial charge on any atom is 0.318 e. The lowest BCUT2D eigenvalue weighted by atomic mass is 10.3. The topological polar surface area (TPSA) is 108 Å². The van der Waals surface area contributed by atoms with Crippen molar-refractivity contribution in [2.45, 2.75) is 0 Å². The summed E-state index contributed by atoms with van der Waals surface area (Å²) >= 11 is 6.01. The summed E-state index contributed by atoms with van der Waals surface area (Å²) in [6.45, 7) is 2.94. The van der Waals surface area contributed by atoms with Crippen LogP contribution in [0.4, 0.5) is 10.5 Å². The van der Waals surface area contributed by atoms with Crippen molar-refractivity contribution in [3.63, 3.8) is 0 Å². The number of amides is 4. The summed E-state index contributed by atoms with van der Waals surface area (Å²) in [5.74, 6) is -0.560. The van der Waals surface area contributed by atoms with Gasteiger partial charge in [0.25, 0.3) is 0 Å². The van der Waals surface area contributed by atoms with Crippen molar-refractivity contribution < 1.29 is 14.4 Å². The van der Waals surface area contributed by atoms with Crippen molar-refractivity contribution >= 4 is 35.1 Å². The van der Waals surface area contributed by atoms with E-state index >= 15 is 0 Å². The molecule has 1 heterocycles. The van der Waals surface area contributed by atoms with Crippen LogP contribution < -0.4 is 16.4 Å². The zero-order valence-electron chi connectivity index (χ0n) is 13.1. The van der Waals surface area contributed by atoms with Crippen LogP contribution in [-0.2, 0) is 9.59 Å². The van der Waals surface area contributed by atoms with Crippen LogP contribution in [0.1, 0.15) is 0 Å². The zero-order valence-corrected chi connectivity index (χ0v) is 13.9. The number of hydrogen-bond acceptors (Lipinski definition) is 5. The Morgan fingerprint density at radius 1 is 1.00 bits per heavy atom. The van der Waals surface area contributed by atoms with Gasteiger partial charge in [0.1, 0.15) is 0 Å². The second-order valence-electron chi connectivity index (χ2n) is 5.49. The summed E-state index contributed by atoms with van der Waals surface area (Å²) in [7, 11) is 0. The first-order valence-corrected chi connectivity index (χ1v) is 7.90. The molecule has 1 aliphatic rings. The minimum absolute atomic E-state index is 0.114. The Balaban J connectivity index is 1.73. The van der Waals surface area contributed by atoms with E-state index in [-0.39, 0.29) is 19.0 Å². The van der Waals surface area contributed by atoms with E-state index in [9.17, 15) is 14.4 Å². The third kappa shape index (κ3) is 5.80. The molecule has 0 aliphatic carbocycles. The number of nitrogens with one attached hydrogen (secondary N) is 2. The molecule has 1 aromatic rings. The molecule has 0 spiro atoms. The van der Waals surface area contributed by atoms with Crippen molar-refractivity contribution in [2.75, 3.05) is 44.6 Å². The Bertz CT molecular complexity index is 617. The Labute approximate surface area is 144 Å². The number of hydrogen-bond donors (Lipinski definition) is 3. The van der Waals surface area contributed by atoms with Crippen molar-refractivity contribution in [2.24, 2.45) is 5.73 Å². The van der Waals surface area contributed by atoms with Gasteiger partial charge < -0.3 is 11.1 Å². The molecule has 1 fully saturated rings. The molecular formula is C15H20ClN5O3. The molecule has 1 aromatic carbocycles. The zero-order chi connectivity index (χ0) is 17.5. The number of anilines is 1. The summed E-state index contributed by atoms with van der Waals surface area (Å²) in [4.78, 5) is 38.1. The monoisotopic (exact) mass is 353 g/mol. The van der Waals surface area contributed by atoms with Gasteiger partial charge in [-0.1, -0.05) is 23.7 Å². The molecule has 24 heavy (non-hydrogen) atoms. The van der Waals surface area contributed by atoms with Gasteiger partial charge in [-0.2, -0.15) is 0 Å². The highest BCUT2D eigenvalue weighted by Gasteiger charge is 2.21. The van der Waals surface area contributed by atoms with E-state index in [1.54, 1.807) is 24.3 Å². The van der Waals surface area contributed by atoms with Crippen molar-refractivity contribution in [1.29, 1.82) is 0 Å². The summed E-state index contributed by atoms with van der Waals surface area (Å²) in [5, 5.41) is 5.31. The lowest BCUT2D eigenvalue weighted by Gasteiger charge is -2.33. The maximum absolute atomic E-state index is 12.1. The van der Waals surface area contributed by atoms with Gasteiger partial charge >= 0.3 is 6.03 Å². The number of carbonyl (C=O) groups excluding carboxylic acids is 3. The van der Waals surface area contributed by atoms with Crippen LogP contribution in [0.2, 0.25) is 5.02 Å². The number of halogens is 1.